The number of amides is 1. The maximum Gasteiger partial charge on any atom is 0.410 e. The van der Waals surface area contributed by atoms with Crippen molar-refractivity contribution in [3.8, 4) is 28.6 Å². The summed E-state index contributed by atoms with van der Waals surface area (Å²) in [6.07, 6.45) is -0.383. The summed E-state index contributed by atoms with van der Waals surface area (Å²) in [6, 6.07) is 12.0. The van der Waals surface area contributed by atoms with Crippen molar-refractivity contribution in [2.75, 3.05) is 38.2 Å². The number of anilines is 1. The average Bonchev–Trinajstić information content (AvgIpc) is 3.33. The molecule has 0 bridgehead atoms. The summed E-state index contributed by atoms with van der Waals surface area (Å²) >= 11 is 0. The van der Waals surface area contributed by atoms with Crippen LogP contribution in [0.25, 0.3) is 22.8 Å². The molecule has 4 rings (SSSR count). The number of nitro benzene ring substituents is 1. The number of hydrogen-bond donors (Lipinski definition) is 0. The van der Waals surface area contributed by atoms with Crippen LogP contribution in [0.5, 0.6) is 5.75 Å². The second kappa shape index (κ2) is 9.61. The summed E-state index contributed by atoms with van der Waals surface area (Å²) in [6.45, 7) is 7.15. The molecule has 35 heavy (non-hydrogen) atoms. The lowest BCUT2D eigenvalue weighted by atomic mass is 10.1. The molecular formula is C24H27N5O6. The summed E-state index contributed by atoms with van der Waals surface area (Å²) in [7, 11) is 1.58. The summed E-state index contributed by atoms with van der Waals surface area (Å²) < 4.78 is 16.0. The zero-order valence-corrected chi connectivity index (χ0v) is 20.1. The summed E-state index contributed by atoms with van der Waals surface area (Å²) in [5.74, 6) is 1.25. The molecule has 0 saturated carbocycles. The van der Waals surface area contributed by atoms with Crippen LogP contribution in [0.3, 0.4) is 0 Å². The first kappa shape index (κ1) is 24.0. The normalized spacial score (nSPS) is 14.1. The van der Waals surface area contributed by atoms with Crippen molar-refractivity contribution < 1.29 is 23.7 Å². The Kier molecular flexibility index (Phi) is 6.59. The molecule has 1 aliphatic rings. The summed E-state index contributed by atoms with van der Waals surface area (Å²) in [5, 5.41) is 15.9. The van der Waals surface area contributed by atoms with E-state index in [1.54, 1.807) is 48.4 Å². The van der Waals surface area contributed by atoms with Crippen LogP contribution < -0.4 is 9.64 Å². The molecule has 1 aliphatic heterocycles. The highest BCUT2D eigenvalue weighted by Gasteiger charge is 2.29. The Balaban J connectivity index is 1.51. The Morgan fingerprint density at radius 2 is 1.71 bits per heavy atom. The third-order valence-electron chi connectivity index (χ3n) is 5.47. The van der Waals surface area contributed by atoms with Crippen LogP contribution in [0.1, 0.15) is 20.8 Å². The number of aromatic nitrogens is 2. The number of rotatable bonds is 5. The van der Waals surface area contributed by atoms with Crippen LogP contribution in [0.2, 0.25) is 0 Å². The number of carbonyl (C=O) groups is 1. The van der Waals surface area contributed by atoms with Crippen molar-refractivity contribution in [1.82, 2.24) is 15.0 Å². The van der Waals surface area contributed by atoms with E-state index in [1.807, 2.05) is 25.7 Å². The number of hydrogen-bond acceptors (Lipinski definition) is 9. The Morgan fingerprint density at radius 1 is 1.06 bits per heavy atom. The van der Waals surface area contributed by atoms with Crippen LogP contribution in [-0.4, -0.2) is 64.9 Å². The van der Waals surface area contributed by atoms with E-state index in [1.165, 1.54) is 6.07 Å². The van der Waals surface area contributed by atoms with Gasteiger partial charge in [0.2, 0.25) is 5.82 Å². The van der Waals surface area contributed by atoms with Gasteiger partial charge in [-0.05, 0) is 57.2 Å². The van der Waals surface area contributed by atoms with Gasteiger partial charge in [0.05, 0.1) is 12.0 Å². The SMILES string of the molecule is COc1ccc(-c2noc(-c3ccc(N4CCN(C(=O)OC(C)(C)C)CC4)c([N+](=O)[O-])c3)n2)cc1. The van der Waals surface area contributed by atoms with E-state index in [9.17, 15) is 14.9 Å². The Hall–Kier alpha value is -4.15. The fraction of sp³-hybridized carbons (Fsp3) is 0.375. The third-order valence-corrected chi connectivity index (χ3v) is 5.47. The molecule has 0 radical (unpaired) electrons. The molecule has 1 aromatic heterocycles. The zero-order valence-electron chi connectivity index (χ0n) is 20.1. The van der Waals surface area contributed by atoms with Gasteiger partial charge in [0.15, 0.2) is 0 Å². The van der Waals surface area contributed by atoms with Gasteiger partial charge in [-0.25, -0.2) is 4.79 Å². The Labute approximate surface area is 202 Å². The largest absolute Gasteiger partial charge is 0.497 e. The maximum absolute atomic E-state index is 12.3. The molecule has 0 N–H and O–H groups in total. The standard InChI is InChI=1S/C24H27N5O6/c1-24(2,3)34-23(30)28-13-11-27(12-14-28)19-10-7-17(15-20(19)29(31)32)22-25-21(26-35-22)16-5-8-18(33-4)9-6-16/h5-10,15H,11-14H2,1-4H3. The van der Waals surface area contributed by atoms with E-state index in [2.05, 4.69) is 10.1 Å². The highest BCUT2D eigenvalue weighted by molar-refractivity contribution is 5.73. The van der Waals surface area contributed by atoms with Gasteiger partial charge in [-0.15, -0.1) is 0 Å². The Morgan fingerprint density at radius 3 is 2.31 bits per heavy atom. The minimum atomic E-state index is -0.579. The van der Waals surface area contributed by atoms with Gasteiger partial charge < -0.3 is 23.8 Å². The van der Waals surface area contributed by atoms with Crippen LogP contribution in [0.15, 0.2) is 47.0 Å². The van der Waals surface area contributed by atoms with Gasteiger partial charge in [0.1, 0.15) is 17.0 Å². The lowest BCUT2D eigenvalue weighted by molar-refractivity contribution is -0.384. The lowest BCUT2D eigenvalue weighted by Gasteiger charge is -2.36. The molecule has 0 atom stereocenters. The fourth-order valence-corrected chi connectivity index (χ4v) is 3.72. The molecule has 1 fully saturated rings. The van der Waals surface area contributed by atoms with Gasteiger partial charge in [-0.2, -0.15) is 4.98 Å². The predicted molar refractivity (Wildman–Crippen MR) is 128 cm³/mol. The van der Waals surface area contributed by atoms with Crippen molar-refractivity contribution in [1.29, 1.82) is 0 Å². The van der Waals surface area contributed by atoms with Crippen molar-refractivity contribution in [3.05, 3.63) is 52.6 Å². The number of methoxy groups -OCH3 is 1. The van der Waals surface area contributed by atoms with Crippen molar-refractivity contribution in [2.24, 2.45) is 0 Å². The fourth-order valence-electron chi connectivity index (χ4n) is 3.72. The van der Waals surface area contributed by atoms with Crippen molar-refractivity contribution >= 4 is 17.5 Å². The van der Waals surface area contributed by atoms with E-state index >= 15 is 0 Å². The zero-order chi connectivity index (χ0) is 25.2. The molecule has 0 aliphatic carbocycles. The molecule has 2 heterocycles. The quantitative estimate of drug-likeness (QED) is 0.386. The van der Waals surface area contributed by atoms with E-state index < -0.39 is 10.5 Å². The minimum absolute atomic E-state index is 0.0718. The first-order valence-corrected chi connectivity index (χ1v) is 11.1. The average molecular weight is 482 g/mol. The van der Waals surface area contributed by atoms with Crippen molar-refractivity contribution in [3.63, 3.8) is 0 Å². The van der Waals surface area contributed by atoms with Crippen LogP contribution in [0.4, 0.5) is 16.2 Å². The van der Waals surface area contributed by atoms with Gasteiger partial charge >= 0.3 is 6.09 Å². The molecule has 11 heteroatoms. The van der Waals surface area contributed by atoms with Gasteiger partial charge in [-0.3, -0.25) is 10.1 Å². The third kappa shape index (κ3) is 5.51. The predicted octanol–water partition coefficient (Wildman–Crippen LogP) is 4.38. The lowest BCUT2D eigenvalue weighted by Crippen LogP contribution is -2.50. The number of carbonyl (C=O) groups excluding carboxylic acids is 1. The minimum Gasteiger partial charge on any atom is -0.497 e. The van der Waals surface area contributed by atoms with E-state index in [-0.39, 0.29) is 17.7 Å². The maximum atomic E-state index is 12.3. The van der Waals surface area contributed by atoms with Gasteiger partial charge in [0, 0.05) is 43.4 Å². The van der Waals surface area contributed by atoms with Gasteiger partial charge in [0.25, 0.3) is 11.6 Å². The second-order valence-electron chi connectivity index (χ2n) is 9.07. The Bertz CT molecular complexity index is 1210. The molecule has 1 amide bonds. The number of nitro groups is 1. The monoisotopic (exact) mass is 481 g/mol. The molecule has 11 nitrogen and oxygen atoms in total. The van der Waals surface area contributed by atoms with E-state index in [0.29, 0.717) is 49.0 Å². The topological polar surface area (TPSA) is 124 Å². The molecule has 0 spiro atoms. The van der Waals surface area contributed by atoms with Crippen LogP contribution in [-0.2, 0) is 4.74 Å². The molecule has 184 valence electrons. The number of benzene rings is 2. The molecule has 2 aromatic carbocycles. The number of piperazine rings is 1. The van der Waals surface area contributed by atoms with Gasteiger partial charge in [-0.1, -0.05) is 5.16 Å². The van der Waals surface area contributed by atoms with Crippen LogP contribution in [0, 0.1) is 10.1 Å². The highest BCUT2D eigenvalue weighted by Crippen LogP contribution is 2.34. The highest BCUT2D eigenvalue weighted by atomic mass is 16.6. The van der Waals surface area contributed by atoms with E-state index in [4.69, 9.17) is 14.0 Å². The smallest absolute Gasteiger partial charge is 0.410 e. The number of ether oxygens (including phenoxy) is 2. The number of nitrogens with zero attached hydrogens (tertiary/aromatic N) is 5. The molecular weight excluding hydrogens is 454 g/mol. The molecule has 3 aromatic rings. The summed E-state index contributed by atoms with van der Waals surface area (Å²) in [5.41, 5.74) is 0.995. The summed E-state index contributed by atoms with van der Waals surface area (Å²) in [4.78, 5) is 31.7. The van der Waals surface area contributed by atoms with Crippen molar-refractivity contribution in [2.45, 2.75) is 26.4 Å². The first-order chi connectivity index (χ1) is 16.6. The second-order valence-corrected chi connectivity index (χ2v) is 9.07. The van der Waals surface area contributed by atoms with E-state index in [0.717, 1.165) is 5.56 Å². The van der Waals surface area contributed by atoms with Crippen LogP contribution >= 0.6 is 0 Å². The first-order valence-electron chi connectivity index (χ1n) is 11.1. The molecule has 1 saturated heterocycles. The molecule has 0 unspecified atom stereocenters.